The number of hydrogen-bond donors (Lipinski definition) is 4. The lowest BCUT2D eigenvalue weighted by molar-refractivity contribution is -0.144. The van der Waals surface area contributed by atoms with Crippen molar-refractivity contribution in [3.05, 3.63) is 65.4 Å². The molecule has 0 unspecified atom stereocenters. The number of aromatic nitrogens is 2. The first-order valence-electron chi connectivity index (χ1n) is 12.9. The average Bonchev–Trinajstić information content (AvgIpc) is 3.46. The molecule has 2 aliphatic heterocycles. The van der Waals surface area contributed by atoms with Crippen LogP contribution in [0, 0.1) is 5.92 Å². The number of likely N-dealkylation sites (tertiary alicyclic amines) is 1. The van der Waals surface area contributed by atoms with Gasteiger partial charge >= 0.3 is 0 Å². The first kappa shape index (κ1) is 20.8. The zero-order valence-corrected chi connectivity index (χ0v) is 19.8. The van der Waals surface area contributed by atoms with Gasteiger partial charge < -0.3 is 20.3 Å². The van der Waals surface area contributed by atoms with Gasteiger partial charge in [0, 0.05) is 23.5 Å². The number of fused-ring (bicyclic) bond motifs is 1. The second-order valence-electron chi connectivity index (χ2n) is 11.2. The summed E-state index contributed by atoms with van der Waals surface area (Å²) in [6, 6.07) is 10.7. The van der Waals surface area contributed by atoms with Gasteiger partial charge in [0.2, 0.25) is 0 Å². The monoisotopic (exact) mass is 484 g/mol. The van der Waals surface area contributed by atoms with Gasteiger partial charge in [-0.05, 0) is 55.8 Å². The van der Waals surface area contributed by atoms with E-state index < -0.39 is 23.2 Å². The Hall–Kier alpha value is -3.36. The van der Waals surface area contributed by atoms with Crippen molar-refractivity contribution >= 4 is 16.8 Å². The number of hydrogen-bond acceptors (Lipinski definition) is 6. The molecule has 1 saturated heterocycles. The van der Waals surface area contributed by atoms with Gasteiger partial charge in [0.1, 0.15) is 11.7 Å². The number of phenols is 1. The maximum absolute atomic E-state index is 13.4. The largest absolute Gasteiger partial charge is 0.504 e. The second kappa shape index (κ2) is 6.89. The standard InChI is InChI=1S/C28H28N4O4/c33-20-8-7-16-13-21-28(35)10-9-19(29-26(34)23-17-3-1-2-4-18(17)30-31-23)25-27(28,22(16)24(20)36-25)11-12-32(21)14-15-5-6-15/h1-4,7-10,15,19,21,25,33,35H,5-6,11-14H2,(H,29,34)(H,30,31)/t19-,21-,25+,27+,28-/m1/s1. The molecule has 5 atom stereocenters. The van der Waals surface area contributed by atoms with Crippen molar-refractivity contribution in [2.45, 2.75) is 54.9 Å². The molecule has 4 N–H and O–H groups in total. The molecule has 184 valence electrons. The van der Waals surface area contributed by atoms with Crippen LogP contribution in [0.25, 0.3) is 10.9 Å². The maximum Gasteiger partial charge on any atom is 0.273 e. The zero-order chi connectivity index (χ0) is 24.2. The molecule has 1 amide bonds. The van der Waals surface area contributed by atoms with Crippen molar-refractivity contribution in [3.63, 3.8) is 0 Å². The van der Waals surface area contributed by atoms with Crippen molar-refractivity contribution in [1.82, 2.24) is 20.4 Å². The number of ether oxygens (including phenoxy) is 1. The molecule has 3 aromatic rings. The number of piperidine rings is 1. The Kier molecular flexibility index (Phi) is 3.98. The van der Waals surface area contributed by atoms with Gasteiger partial charge in [-0.3, -0.25) is 14.8 Å². The Bertz CT molecular complexity index is 1460. The van der Waals surface area contributed by atoms with Gasteiger partial charge in [-0.15, -0.1) is 0 Å². The van der Waals surface area contributed by atoms with Crippen LogP contribution in [0.2, 0.25) is 0 Å². The van der Waals surface area contributed by atoms with Crippen LogP contribution >= 0.6 is 0 Å². The van der Waals surface area contributed by atoms with Gasteiger partial charge in [-0.2, -0.15) is 5.10 Å². The Morgan fingerprint density at radius 1 is 1.25 bits per heavy atom. The average molecular weight is 485 g/mol. The van der Waals surface area contributed by atoms with Gasteiger partial charge in [0.15, 0.2) is 17.2 Å². The Balaban J connectivity index is 1.22. The smallest absolute Gasteiger partial charge is 0.273 e. The number of carbonyl (C=O) groups is 1. The lowest BCUT2D eigenvalue weighted by Crippen LogP contribution is -2.76. The number of rotatable bonds is 4. The number of nitrogens with one attached hydrogen (secondary N) is 2. The molecular formula is C28H28N4O4. The first-order chi connectivity index (χ1) is 17.5. The number of phenolic OH excluding ortho intramolecular Hbond substituents is 1. The molecule has 36 heavy (non-hydrogen) atoms. The highest BCUT2D eigenvalue weighted by molar-refractivity contribution is 6.04. The van der Waals surface area contributed by atoms with Crippen molar-refractivity contribution in [2.24, 2.45) is 5.92 Å². The second-order valence-corrected chi connectivity index (χ2v) is 11.2. The highest BCUT2D eigenvalue weighted by Crippen LogP contribution is 2.64. The van der Waals surface area contributed by atoms with Gasteiger partial charge in [-0.25, -0.2) is 0 Å². The lowest BCUT2D eigenvalue weighted by Gasteiger charge is -2.62. The van der Waals surface area contributed by atoms with E-state index in [4.69, 9.17) is 4.74 Å². The zero-order valence-electron chi connectivity index (χ0n) is 19.8. The number of carbonyl (C=O) groups excluding carboxylic acids is 1. The number of amides is 1. The number of benzene rings is 2. The summed E-state index contributed by atoms with van der Waals surface area (Å²) in [5, 5.41) is 34.3. The molecule has 2 aromatic carbocycles. The van der Waals surface area contributed by atoms with Crippen molar-refractivity contribution < 1.29 is 19.7 Å². The van der Waals surface area contributed by atoms with Crippen LogP contribution in [0.3, 0.4) is 0 Å². The molecule has 8 nitrogen and oxygen atoms in total. The summed E-state index contributed by atoms with van der Waals surface area (Å²) in [5.41, 5.74) is 1.30. The van der Waals surface area contributed by atoms with Crippen molar-refractivity contribution in [1.29, 1.82) is 0 Å². The lowest BCUT2D eigenvalue weighted by atomic mass is 9.50. The number of aliphatic hydroxyl groups is 1. The fourth-order valence-electron chi connectivity index (χ4n) is 7.52. The molecule has 2 bridgehead atoms. The molecule has 3 heterocycles. The van der Waals surface area contributed by atoms with Crippen LogP contribution in [0.5, 0.6) is 11.5 Å². The van der Waals surface area contributed by atoms with Crippen LogP contribution in [-0.4, -0.2) is 68.1 Å². The SMILES string of the molecule is O=C(N[C@@H]1C=C[C@@]2(O)[C@H]3Cc4ccc(O)c5c4[C@@]2(CCN3CC2CC2)[C@H]1O5)c1n[nH]c2ccccc12. The Labute approximate surface area is 207 Å². The fraction of sp³-hybridized carbons (Fsp3) is 0.429. The van der Waals surface area contributed by atoms with E-state index in [1.165, 1.54) is 12.8 Å². The molecule has 1 saturated carbocycles. The van der Waals surface area contributed by atoms with E-state index in [9.17, 15) is 15.0 Å². The van der Waals surface area contributed by atoms with Crippen LogP contribution in [0.1, 0.15) is 40.9 Å². The van der Waals surface area contributed by atoms with E-state index in [-0.39, 0.29) is 17.7 Å². The normalized spacial score (nSPS) is 33.9. The number of aromatic hydroxyl groups is 1. The third-order valence-corrected chi connectivity index (χ3v) is 9.33. The van der Waals surface area contributed by atoms with Crippen molar-refractivity contribution in [2.75, 3.05) is 13.1 Å². The molecule has 8 rings (SSSR count). The topological polar surface area (TPSA) is 111 Å². The minimum Gasteiger partial charge on any atom is -0.504 e. The molecule has 8 heteroatoms. The quantitative estimate of drug-likeness (QED) is 0.424. The number of nitrogens with zero attached hydrogens (tertiary/aromatic N) is 2. The molecule has 2 fully saturated rings. The summed E-state index contributed by atoms with van der Waals surface area (Å²) in [5.74, 6) is 0.963. The minimum atomic E-state index is -1.14. The number of para-hydroxylation sites is 1. The molecule has 1 spiro atoms. The summed E-state index contributed by atoms with van der Waals surface area (Å²) in [7, 11) is 0. The van der Waals surface area contributed by atoms with E-state index in [2.05, 4.69) is 20.4 Å². The maximum atomic E-state index is 13.4. The van der Waals surface area contributed by atoms with Crippen LogP contribution in [0.4, 0.5) is 0 Å². The fourth-order valence-corrected chi connectivity index (χ4v) is 7.52. The third-order valence-electron chi connectivity index (χ3n) is 9.33. The number of H-pyrrole nitrogens is 1. The predicted molar refractivity (Wildman–Crippen MR) is 132 cm³/mol. The van der Waals surface area contributed by atoms with Crippen LogP contribution in [-0.2, 0) is 11.8 Å². The number of aromatic amines is 1. The Morgan fingerprint density at radius 2 is 2.11 bits per heavy atom. The van der Waals surface area contributed by atoms with Crippen molar-refractivity contribution in [3.8, 4) is 11.5 Å². The molecular weight excluding hydrogens is 456 g/mol. The molecule has 0 radical (unpaired) electrons. The van der Waals surface area contributed by atoms with Gasteiger partial charge in [-0.1, -0.05) is 36.4 Å². The molecule has 1 aromatic heterocycles. The van der Waals surface area contributed by atoms with E-state index >= 15 is 0 Å². The highest BCUT2D eigenvalue weighted by Gasteiger charge is 2.72. The minimum absolute atomic E-state index is 0.0656. The Morgan fingerprint density at radius 3 is 2.97 bits per heavy atom. The van der Waals surface area contributed by atoms with E-state index in [0.717, 1.165) is 41.0 Å². The van der Waals surface area contributed by atoms with Crippen LogP contribution in [0.15, 0.2) is 48.6 Å². The van der Waals surface area contributed by atoms with E-state index in [1.54, 1.807) is 6.07 Å². The molecule has 5 aliphatic rings. The molecule has 3 aliphatic carbocycles. The highest BCUT2D eigenvalue weighted by atomic mass is 16.5. The summed E-state index contributed by atoms with van der Waals surface area (Å²) in [6.07, 6.45) is 7.20. The van der Waals surface area contributed by atoms with Crippen LogP contribution < -0.4 is 10.1 Å². The van der Waals surface area contributed by atoms with Gasteiger partial charge in [0.25, 0.3) is 5.91 Å². The first-order valence-corrected chi connectivity index (χ1v) is 12.9. The summed E-state index contributed by atoms with van der Waals surface area (Å²) in [4.78, 5) is 15.9. The van der Waals surface area contributed by atoms with Gasteiger partial charge in [0.05, 0.1) is 17.0 Å². The van der Waals surface area contributed by atoms with E-state index in [0.29, 0.717) is 24.3 Å². The summed E-state index contributed by atoms with van der Waals surface area (Å²) < 4.78 is 6.50. The summed E-state index contributed by atoms with van der Waals surface area (Å²) in [6.45, 7) is 1.87. The van der Waals surface area contributed by atoms with E-state index in [1.807, 2.05) is 42.5 Å². The predicted octanol–water partition coefficient (Wildman–Crippen LogP) is 2.41. The summed E-state index contributed by atoms with van der Waals surface area (Å²) >= 11 is 0. The third kappa shape index (κ3) is 2.51.